The lowest BCUT2D eigenvalue weighted by molar-refractivity contribution is 0.0963. The highest BCUT2D eigenvalue weighted by atomic mass is 32.2. The van der Waals surface area contributed by atoms with Crippen molar-refractivity contribution in [2.24, 2.45) is 0 Å². The van der Waals surface area contributed by atoms with E-state index in [4.69, 9.17) is 4.42 Å². The maximum Gasteiger partial charge on any atom is 0.336 e. The summed E-state index contributed by atoms with van der Waals surface area (Å²) in [6.45, 7) is 0.225. The zero-order valence-corrected chi connectivity index (χ0v) is 16.6. The number of carbonyl (C=O) groups excluding carboxylic acids is 1. The van der Waals surface area contributed by atoms with Gasteiger partial charge in [-0.2, -0.15) is 4.31 Å². The molecule has 0 spiro atoms. The average molecular weight is 412 g/mol. The zero-order valence-electron chi connectivity index (χ0n) is 15.8. The van der Waals surface area contributed by atoms with Crippen molar-refractivity contribution in [1.82, 2.24) is 9.62 Å². The Morgan fingerprint density at radius 1 is 1.10 bits per heavy atom. The zero-order chi connectivity index (χ0) is 20.6. The number of sulfonamides is 1. The Kier molecular flexibility index (Phi) is 4.97. The molecule has 1 aromatic heterocycles. The number of fused-ring (bicyclic) bond motifs is 1. The van der Waals surface area contributed by atoms with E-state index in [1.165, 1.54) is 28.6 Å². The third-order valence-corrected chi connectivity index (χ3v) is 6.83. The molecule has 1 heterocycles. The van der Waals surface area contributed by atoms with Crippen molar-refractivity contribution in [1.29, 1.82) is 0 Å². The van der Waals surface area contributed by atoms with Crippen LogP contribution in [0.4, 0.5) is 0 Å². The molecule has 1 N–H and O–H groups in total. The molecule has 3 aromatic rings. The number of benzene rings is 2. The van der Waals surface area contributed by atoms with E-state index in [0.29, 0.717) is 16.5 Å². The normalized spacial score (nSPS) is 14.3. The van der Waals surface area contributed by atoms with Crippen LogP contribution in [-0.4, -0.2) is 31.7 Å². The van der Waals surface area contributed by atoms with Crippen molar-refractivity contribution in [2.45, 2.75) is 30.3 Å². The molecule has 1 saturated carbocycles. The number of nitrogens with one attached hydrogen (secondary N) is 1. The molecule has 150 valence electrons. The first-order chi connectivity index (χ1) is 13.9. The first-order valence-corrected chi connectivity index (χ1v) is 10.7. The van der Waals surface area contributed by atoms with Gasteiger partial charge in [0, 0.05) is 36.7 Å². The molecule has 2 aromatic carbocycles. The number of carbonyl (C=O) groups is 1. The first kappa shape index (κ1) is 19.4. The minimum Gasteiger partial charge on any atom is -0.423 e. The van der Waals surface area contributed by atoms with Crippen LogP contribution >= 0.6 is 0 Å². The maximum absolute atomic E-state index is 13.3. The monoisotopic (exact) mass is 412 g/mol. The van der Waals surface area contributed by atoms with Crippen LogP contribution in [0.5, 0.6) is 0 Å². The summed E-state index contributed by atoms with van der Waals surface area (Å²) in [6, 6.07) is 14.2. The van der Waals surface area contributed by atoms with Gasteiger partial charge in [-0.25, -0.2) is 13.2 Å². The van der Waals surface area contributed by atoms with Crippen LogP contribution < -0.4 is 10.9 Å². The number of hydrogen-bond donors (Lipinski definition) is 1. The molecule has 29 heavy (non-hydrogen) atoms. The Labute approximate surface area is 168 Å². The lowest BCUT2D eigenvalue weighted by atomic mass is 10.1. The molecular weight excluding hydrogens is 392 g/mol. The summed E-state index contributed by atoms with van der Waals surface area (Å²) >= 11 is 0. The second-order valence-electron chi connectivity index (χ2n) is 7.01. The van der Waals surface area contributed by atoms with Crippen molar-refractivity contribution in [3.8, 4) is 0 Å². The van der Waals surface area contributed by atoms with Gasteiger partial charge in [-0.15, -0.1) is 0 Å². The SMILES string of the molecule is CNC(=O)c1ccc(CN(C2CC2)S(=O)(=O)c2ccc3oc(=O)ccc3c2)cc1. The lowest BCUT2D eigenvalue weighted by Crippen LogP contribution is -2.32. The topological polar surface area (TPSA) is 96.7 Å². The summed E-state index contributed by atoms with van der Waals surface area (Å²) in [5, 5.41) is 3.11. The van der Waals surface area contributed by atoms with Gasteiger partial charge in [-0.05, 0) is 54.8 Å². The minimum absolute atomic E-state index is 0.0389. The van der Waals surface area contributed by atoms with Crippen molar-refractivity contribution < 1.29 is 17.6 Å². The van der Waals surface area contributed by atoms with Crippen molar-refractivity contribution >= 4 is 26.9 Å². The van der Waals surface area contributed by atoms with Gasteiger partial charge in [-0.1, -0.05) is 12.1 Å². The maximum atomic E-state index is 13.3. The number of rotatable bonds is 6. The summed E-state index contributed by atoms with van der Waals surface area (Å²) in [6.07, 6.45) is 1.63. The van der Waals surface area contributed by atoms with Gasteiger partial charge in [-0.3, -0.25) is 4.79 Å². The molecular formula is C21H20N2O5S. The van der Waals surface area contributed by atoms with Crippen LogP contribution in [0.1, 0.15) is 28.8 Å². The van der Waals surface area contributed by atoms with E-state index in [0.717, 1.165) is 18.4 Å². The Morgan fingerprint density at radius 3 is 2.48 bits per heavy atom. The van der Waals surface area contributed by atoms with E-state index in [9.17, 15) is 18.0 Å². The predicted molar refractivity (Wildman–Crippen MR) is 108 cm³/mol. The average Bonchev–Trinajstić information content (AvgIpc) is 3.56. The van der Waals surface area contributed by atoms with Gasteiger partial charge in [0.2, 0.25) is 10.0 Å². The van der Waals surface area contributed by atoms with Crippen molar-refractivity contribution in [3.63, 3.8) is 0 Å². The summed E-state index contributed by atoms with van der Waals surface area (Å²) in [5.74, 6) is -0.189. The number of amides is 1. The number of hydrogen-bond acceptors (Lipinski definition) is 5. The molecule has 7 nitrogen and oxygen atoms in total. The van der Waals surface area contributed by atoms with Gasteiger partial charge in [0.15, 0.2) is 0 Å². The Balaban J connectivity index is 1.65. The van der Waals surface area contributed by atoms with E-state index in [2.05, 4.69) is 5.32 Å². The summed E-state index contributed by atoms with van der Waals surface area (Å²) in [7, 11) is -2.17. The fourth-order valence-electron chi connectivity index (χ4n) is 3.20. The highest BCUT2D eigenvalue weighted by Crippen LogP contribution is 2.34. The van der Waals surface area contributed by atoms with Crippen LogP contribution in [0.15, 0.2) is 68.7 Å². The molecule has 0 radical (unpaired) electrons. The molecule has 1 aliphatic rings. The van der Waals surface area contributed by atoms with Gasteiger partial charge in [0.05, 0.1) is 4.90 Å². The Morgan fingerprint density at radius 2 is 1.83 bits per heavy atom. The molecule has 1 amide bonds. The quantitative estimate of drug-likeness (QED) is 0.628. The molecule has 0 bridgehead atoms. The van der Waals surface area contributed by atoms with Crippen molar-refractivity contribution in [3.05, 3.63) is 76.1 Å². The standard InChI is InChI=1S/C21H20N2O5S/c1-22-21(25)15-4-2-14(3-5-15)13-23(17-7-8-17)29(26,27)18-9-10-19-16(12-18)6-11-20(24)28-19/h2-6,9-12,17H,7-8,13H2,1H3,(H,22,25). The molecule has 0 saturated heterocycles. The summed E-state index contributed by atoms with van der Waals surface area (Å²) in [4.78, 5) is 23.2. The fourth-order valence-corrected chi connectivity index (χ4v) is 4.91. The molecule has 0 atom stereocenters. The molecule has 0 unspecified atom stereocenters. The van der Waals surface area contributed by atoms with Gasteiger partial charge < -0.3 is 9.73 Å². The highest BCUT2D eigenvalue weighted by molar-refractivity contribution is 7.89. The molecule has 1 aliphatic carbocycles. The minimum atomic E-state index is -3.73. The first-order valence-electron chi connectivity index (χ1n) is 9.25. The van der Waals surface area contributed by atoms with Crippen LogP contribution in [0.2, 0.25) is 0 Å². The van der Waals surface area contributed by atoms with Crippen LogP contribution in [0.25, 0.3) is 11.0 Å². The fraction of sp³-hybridized carbons (Fsp3) is 0.238. The van der Waals surface area contributed by atoms with E-state index in [1.807, 2.05) is 0 Å². The van der Waals surface area contributed by atoms with E-state index in [-0.39, 0.29) is 23.4 Å². The van der Waals surface area contributed by atoms with Gasteiger partial charge >= 0.3 is 5.63 Å². The predicted octanol–water partition coefficient (Wildman–Crippen LogP) is 2.51. The third kappa shape index (κ3) is 3.94. The molecule has 4 rings (SSSR count). The Bertz CT molecular complexity index is 1230. The smallest absolute Gasteiger partial charge is 0.336 e. The number of nitrogens with zero attached hydrogens (tertiary/aromatic N) is 1. The second-order valence-corrected chi connectivity index (χ2v) is 8.90. The van der Waals surface area contributed by atoms with Crippen LogP contribution in [-0.2, 0) is 16.6 Å². The van der Waals surface area contributed by atoms with Crippen LogP contribution in [0.3, 0.4) is 0 Å². The molecule has 0 aliphatic heterocycles. The van der Waals surface area contributed by atoms with Crippen molar-refractivity contribution in [2.75, 3.05) is 7.05 Å². The highest BCUT2D eigenvalue weighted by Gasteiger charge is 2.38. The Hall–Kier alpha value is -2.97. The molecule has 8 heteroatoms. The molecule has 1 fully saturated rings. The van der Waals surface area contributed by atoms with E-state index < -0.39 is 15.6 Å². The van der Waals surface area contributed by atoms with Crippen LogP contribution in [0, 0.1) is 0 Å². The van der Waals surface area contributed by atoms with E-state index >= 15 is 0 Å². The van der Waals surface area contributed by atoms with Gasteiger partial charge in [0.1, 0.15) is 5.58 Å². The third-order valence-electron chi connectivity index (χ3n) is 4.93. The second kappa shape index (κ2) is 7.46. The van der Waals surface area contributed by atoms with E-state index in [1.54, 1.807) is 37.4 Å². The van der Waals surface area contributed by atoms with Gasteiger partial charge in [0.25, 0.3) is 5.91 Å². The largest absolute Gasteiger partial charge is 0.423 e. The summed E-state index contributed by atoms with van der Waals surface area (Å²) < 4.78 is 33.2. The lowest BCUT2D eigenvalue weighted by Gasteiger charge is -2.22. The summed E-state index contributed by atoms with van der Waals surface area (Å²) in [5.41, 5.74) is 1.19.